The van der Waals surface area contributed by atoms with Crippen molar-refractivity contribution in [3.05, 3.63) is 65.7 Å². The molecule has 3 N–H and O–H groups in total. The second-order valence-electron chi connectivity index (χ2n) is 10.8. The van der Waals surface area contributed by atoms with Crippen molar-refractivity contribution < 1.29 is 24.2 Å². The molecule has 8 heteroatoms. The van der Waals surface area contributed by atoms with Gasteiger partial charge in [0.2, 0.25) is 11.8 Å². The molecular weight excluding hydrogens is 482 g/mol. The highest BCUT2D eigenvalue weighted by Gasteiger charge is 2.44. The van der Waals surface area contributed by atoms with Gasteiger partial charge in [-0.15, -0.1) is 0 Å². The summed E-state index contributed by atoms with van der Waals surface area (Å²) >= 11 is 0. The Balaban J connectivity index is 1.96. The zero-order chi connectivity index (χ0) is 27.7. The van der Waals surface area contributed by atoms with Crippen LogP contribution < -0.4 is 10.6 Å². The smallest absolute Gasteiger partial charge is 0.408 e. The minimum Gasteiger partial charge on any atom is -0.508 e. The molecule has 1 aliphatic rings. The zero-order valence-electron chi connectivity index (χ0n) is 22.9. The molecule has 8 nitrogen and oxygen atoms in total. The van der Waals surface area contributed by atoms with E-state index in [9.17, 15) is 19.5 Å². The molecule has 2 atom stereocenters. The number of phenolic OH excluding ortho intramolecular Hbond substituents is 1. The number of amides is 3. The van der Waals surface area contributed by atoms with Gasteiger partial charge in [-0.05, 0) is 51.7 Å². The largest absolute Gasteiger partial charge is 0.508 e. The van der Waals surface area contributed by atoms with Gasteiger partial charge in [-0.1, -0.05) is 68.3 Å². The van der Waals surface area contributed by atoms with Crippen LogP contribution in [0.3, 0.4) is 0 Å². The van der Waals surface area contributed by atoms with E-state index in [1.807, 2.05) is 30.3 Å². The molecule has 0 aromatic heterocycles. The predicted molar refractivity (Wildman–Crippen MR) is 147 cm³/mol. The Kier molecular flexibility index (Phi) is 10.2. The number of para-hydroxylation sites is 1. The Morgan fingerprint density at radius 2 is 1.68 bits per heavy atom. The van der Waals surface area contributed by atoms with Crippen LogP contribution in [0.25, 0.3) is 0 Å². The minimum absolute atomic E-state index is 0.0561. The maximum Gasteiger partial charge on any atom is 0.408 e. The average Bonchev–Trinajstić information content (AvgIpc) is 3.69. The predicted octanol–water partition coefficient (Wildman–Crippen LogP) is 4.87. The van der Waals surface area contributed by atoms with Crippen molar-refractivity contribution in [2.24, 2.45) is 0 Å². The van der Waals surface area contributed by atoms with E-state index in [4.69, 9.17) is 4.74 Å². The molecule has 1 fully saturated rings. The normalized spacial score (nSPS) is 14.7. The first kappa shape index (κ1) is 29.0. The van der Waals surface area contributed by atoms with E-state index >= 15 is 0 Å². The first-order chi connectivity index (χ1) is 18.1. The molecule has 0 saturated heterocycles. The number of hydrogen-bond acceptors (Lipinski definition) is 5. The number of phenols is 1. The molecule has 2 aromatic carbocycles. The van der Waals surface area contributed by atoms with Gasteiger partial charge in [-0.3, -0.25) is 9.59 Å². The van der Waals surface area contributed by atoms with E-state index < -0.39 is 23.8 Å². The molecule has 38 heavy (non-hydrogen) atoms. The number of hydrogen-bond donors (Lipinski definition) is 3. The minimum atomic E-state index is -1.03. The number of benzene rings is 2. The summed E-state index contributed by atoms with van der Waals surface area (Å²) in [7, 11) is 0. The van der Waals surface area contributed by atoms with Crippen molar-refractivity contribution in [2.45, 2.75) is 89.9 Å². The van der Waals surface area contributed by atoms with Crippen molar-refractivity contribution in [3.63, 3.8) is 0 Å². The van der Waals surface area contributed by atoms with E-state index in [2.05, 4.69) is 17.6 Å². The third-order valence-electron chi connectivity index (χ3n) is 6.30. The molecule has 3 rings (SSSR count). The Morgan fingerprint density at radius 3 is 2.29 bits per heavy atom. The molecule has 1 aliphatic carbocycles. The molecule has 2 aromatic rings. The molecule has 0 aliphatic heterocycles. The van der Waals surface area contributed by atoms with Crippen molar-refractivity contribution in [1.29, 1.82) is 0 Å². The summed E-state index contributed by atoms with van der Waals surface area (Å²) < 4.78 is 5.46. The first-order valence-corrected chi connectivity index (χ1v) is 13.5. The van der Waals surface area contributed by atoms with Gasteiger partial charge >= 0.3 is 6.09 Å². The van der Waals surface area contributed by atoms with Crippen LogP contribution in [0.4, 0.5) is 4.79 Å². The summed E-state index contributed by atoms with van der Waals surface area (Å²) in [5, 5.41) is 16.4. The lowest BCUT2D eigenvalue weighted by Gasteiger charge is -2.35. The second kappa shape index (κ2) is 13.3. The van der Waals surface area contributed by atoms with Crippen molar-refractivity contribution in [2.75, 3.05) is 6.54 Å². The monoisotopic (exact) mass is 523 g/mol. The highest BCUT2D eigenvalue weighted by atomic mass is 16.6. The van der Waals surface area contributed by atoms with Crippen LogP contribution in [0.15, 0.2) is 54.6 Å². The van der Waals surface area contributed by atoms with Crippen LogP contribution in [0.5, 0.6) is 5.75 Å². The lowest BCUT2D eigenvalue weighted by atomic mass is 9.99. The molecule has 0 spiro atoms. The van der Waals surface area contributed by atoms with Crippen LogP contribution in [-0.4, -0.2) is 52.1 Å². The van der Waals surface area contributed by atoms with E-state index in [1.54, 1.807) is 43.9 Å². The van der Waals surface area contributed by atoms with Crippen LogP contribution in [0.2, 0.25) is 0 Å². The molecule has 0 bridgehead atoms. The first-order valence-electron chi connectivity index (χ1n) is 13.5. The van der Waals surface area contributed by atoms with Gasteiger partial charge in [0.15, 0.2) is 0 Å². The maximum atomic E-state index is 14.2. The maximum absolute atomic E-state index is 14.2. The number of aromatic hydroxyl groups is 1. The number of nitrogens with zero attached hydrogens (tertiary/aromatic N) is 1. The summed E-state index contributed by atoms with van der Waals surface area (Å²) in [6, 6.07) is 13.8. The van der Waals surface area contributed by atoms with E-state index in [0.29, 0.717) is 12.1 Å². The molecule has 206 valence electrons. The van der Waals surface area contributed by atoms with Crippen LogP contribution >= 0.6 is 0 Å². The van der Waals surface area contributed by atoms with Gasteiger partial charge in [-0.25, -0.2) is 4.79 Å². The Hall–Kier alpha value is -3.55. The molecule has 0 radical (unpaired) electrons. The fourth-order valence-corrected chi connectivity index (χ4v) is 4.37. The highest BCUT2D eigenvalue weighted by molar-refractivity contribution is 5.93. The van der Waals surface area contributed by atoms with E-state index in [1.165, 1.54) is 6.07 Å². The molecule has 2 unspecified atom stereocenters. The van der Waals surface area contributed by atoms with Crippen molar-refractivity contribution >= 4 is 17.9 Å². The molecule has 0 heterocycles. The van der Waals surface area contributed by atoms with Crippen molar-refractivity contribution in [1.82, 2.24) is 15.5 Å². The number of carbonyl (C=O) groups excluding carboxylic acids is 3. The summed E-state index contributed by atoms with van der Waals surface area (Å²) in [5.41, 5.74) is 0.481. The molecular formula is C30H41N3O5. The number of rotatable bonds is 12. The van der Waals surface area contributed by atoms with E-state index in [0.717, 1.165) is 37.7 Å². The van der Waals surface area contributed by atoms with Crippen molar-refractivity contribution in [3.8, 4) is 5.75 Å². The fraction of sp³-hybridized carbons (Fsp3) is 0.500. The molecule has 3 amide bonds. The lowest BCUT2D eigenvalue weighted by Crippen LogP contribution is -2.54. The third-order valence-corrected chi connectivity index (χ3v) is 6.30. The third kappa shape index (κ3) is 8.50. The number of ether oxygens (including phenoxy) is 1. The summed E-state index contributed by atoms with van der Waals surface area (Å²) in [6.07, 6.45) is 3.82. The SMILES string of the molecule is CCCCCNC(=O)C(c1ccccc1O)N(C(=O)C(Cc1ccccc1)NC(=O)OC(C)(C)C)C1CC1. The number of alkyl carbamates (subject to hydrolysis) is 1. The highest BCUT2D eigenvalue weighted by Crippen LogP contribution is 2.38. The number of carbonyl (C=O) groups is 3. The summed E-state index contributed by atoms with van der Waals surface area (Å²) in [5.74, 6) is -0.794. The quantitative estimate of drug-likeness (QED) is 0.344. The Labute approximate surface area is 225 Å². The number of unbranched alkanes of at least 4 members (excludes halogenated alkanes) is 2. The fourth-order valence-electron chi connectivity index (χ4n) is 4.37. The Morgan fingerprint density at radius 1 is 1.03 bits per heavy atom. The van der Waals surface area contributed by atoms with E-state index in [-0.39, 0.29) is 30.0 Å². The molecule has 1 saturated carbocycles. The average molecular weight is 524 g/mol. The lowest BCUT2D eigenvalue weighted by molar-refractivity contribution is -0.143. The summed E-state index contributed by atoms with van der Waals surface area (Å²) in [6.45, 7) is 7.84. The number of nitrogens with one attached hydrogen (secondary N) is 2. The zero-order valence-corrected chi connectivity index (χ0v) is 22.9. The summed E-state index contributed by atoms with van der Waals surface area (Å²) in [4.78, 5) is 42.2. The van der Waals surface area contributed by atoms with Gasteiger partial charge in [0.05, 0.1) is 0 Å². The Bertz CT molecular complexity index is 1080. The van der Waals surface area contributed by atoms with Gasteiger partial charge in [0.25, 0.3) is 0 Å². The van der Waals surface area contributed by atoms with Crippen LogP contribution in [0.1, 0.15) is 77.0 Å². The second-order valence-corrected chi connectivity index (χ2v) is 10.8. The van der Waals surface area contributed by atoms with Gasteiger partial charge in [-0.2, -0.15) is 0 Å². The standard InChI is InChI=1S/C30H41N3O5/c1-5-6-12-19-31-27(35)26(23-15-10-11-16-25(23)34)33(22-17-18-22)28(36)24(20-21-13-8-7-9-14-21)32-29(37)38-30(2,3)4/h7-11,13-16,22,24,26,34H,5-6,12,17-20H2,1-4H3,(H,31,35)(H,32,37). The van der Waals surface area contributed by atoms with Crippen LogP contribution in [-0.2, 0) is 20.7 Å². The van der Waals surface area contributed by atoms with Crippen LogP contribution in [0, 0.1) is 0 Å². The van der Waals surface area contributed by atoms with Gasteiger partial charge < -0.3 is 25.4 Å². The van der Waals surface area contributed by atoms with Gasteiger partial charge in [0.1, 0.15) is 23.4 Å². The van der Waals surface area contributed by atoms with Gasteiger partial charge in [0, 0.05) is 24.6 Å². The topological polar surface area (TPSA) is 108 Å².